The van der Waals surface area contributed by atoms with Crippen LogP contribution in [0.4, 0.5) is 0 Å². The summed E-state index contributed by atoms with van der Waals surface area (Å²) >= 11 is 0. The summed E-state index contributed by atoms with van der Waals surface area (Å²) in [4.78, 5) is 30.8. The molecule has 3 rings (SSSR count). The molecule has 0 aliphatic carbocycles. The molecule has 30 heavy (non-hydrogen) atoms. The number of aromatic amines is 1. The highest BCUT2D eigenvalue weighted by Crippen LogP contribution is 2.17. The van der Waals surface area contributed by atoms with E-state index >= 15 is 0 Å². The van der Waals surface area contributed by atoms with Gasteiger partial charge in [-0.2, -0.15) is 5.26 Å². The number of pyridine rings is 1. The van der Waals surface area contributed by atoms with Crippen LogP contribution in [0.2, 0.25) is 0 Å². The van der Waals surface area contributed by atoms with Gasteiger partial charge in [0.05, 0.1) is 23.6 Å². The van der Waals surface area contributed by atoms with Crippen molar-refractivity contribution < 1.29 is 9.53 Å². The maximum Gasteiger partial charge on any atom is 0.272 e. The van der Waals surface area contributed by atoms with Crippen LogP contribution in [0.3, 0.4) is 0 Å². The number of carbonyl (C=O) groups is 1. The average Bonchev–Trinajstić information content (AvgIpc) is 3.16. The molecule has 1 N–H and O–H groups in total. The Bertz CT molecular complexity index is 1090. The molecule has 0 radical (unpaired) electrons. The standard InChI is InChI=1S/C22H23N5O3/c1-26(12-3-13-30-2)22(29)18-8-9-20(24-14-18)27-15-19(21(28)25-27)17-6-4-16(5-7-17)10-11-23/h4-9,14-15H,3,10,12-13H2,1-2H3,(H,25,28). The van der Waals surface area contributed by atoms with E-state index < -0.39 is 0 Å². The quantitative estimate of drug-likeness (QED) is 0.580. The number of hydrogen-bond acceptors (Lipinski definition) is 5. The van der Waals surface area contributed by atoms with Crippen LogP contribution in [-0.4, -0.2) is 52.9 Å². The molecular formula is C22H23N5O3. The molecule has 1 aromatic carbocycles. The molecule has 0 aliphatic heterocycles. The number of aromatic nitrogens is 3. The summed E-state index contributed by atoms with van der Waals surface area (Å²) < 4.78 is 6.53. The fraction of sp³-hybridized carbons (Fsp3) is 0.273. The molecule has 8 nitrogen and oxygen atoms in total. The van der Waals surface area contributed by atoms with Crippen molar-refractivity contribution in [3.8, 4) is 23.0 Å². The van der Waals surface area contributed by atoms with E-state index in [1.165, 1.54) is 10.9 Å². The van der Waals surface area contributed by atoms with Crippen molar-refractivity contribution in [3.05, 3.63) is 70.3 Å². The highest BCUT2D eigenvalue weighted by Gasteiger charge is 2.13. The number of methoxy groups -OCH3 is 1. The van der Waals surface area contributed by atoms with E-state index in [1.807, 2.05) is 24.3 Å². The predicted molar refractivity (Wildman–Crippen MR) is 112 cm³/mol. The Hall–Kier alpha value is -3.70. The smallest absolute Gasteiger partial charge is 0.272 e. The van der Waals surface area contributed by atoms with Crippen LogP contribution in [0.15, 0.2) is 53.6 Å². The van der Waals surface area contributed by atoms with Gasteiger partial charge in [0.25, 0.3) is 11.5 Å². The first-order valence-corrected chi connectivity index (χ1v) is 9.52. The Morgan fingerprint density at radius 3 is 2.67 bits per heavy atom. The van der Waals surface area contributed by atoms with Crippen LogP contribution in [0, 0.1) is 11.3 Å². The zero-order chi connectivity index (χ0) is 21.5. The summed E-state index contributed by atoms with van der Waals surface area (Å²) in [6.07, 6.45) is 4.25. The van der Waals surface area contributed by atoms with E-state index in [2.05, 4.69) is 16.2 Å². The number of nitriles is 1. The van der Waals surface area contributed by atoms with E-state index in [1.54, 1.807) is 37.4 Å². The van der Waals surface area contributed by atoms with Gasteiger partial charge in [0.2, 0.25) is 0 Å². The molecule has 1 amide bonds. The molecule has 8 heteroatoms. The van der Waals surface area contributed by atoms with Gasteiger partial charge in [-0.3, -0.25) is 14.7 Å². The number of nitrogens with zero attached hydrogens (tertiary/aromatic N) is 4. The van der Waals surface area contributed by atoms with Gasteiger partial charge in [-0.05, 0) is 29.7 Å². The molecular weight excluding hydrogens is 382 g/mol. The van der Waals surface area contributed by atoms with Crippen LogP contribution in [0.1, 0.15) is 22.3 Å². The number of H-pyrrole nitrogens is 1. The number of nitrogens with one attached hydrogen (secondary N) is 1. The third kappa shape index (κ3) is 4.82. The lowest BCUT2D eigenvalue weighted by atomic mass is 10.1. The lowest BCUT2D eigenvalue weighted by Gasteiger charge is -2.16. The van der Waals surface area contributed by atoms with E-state index in [9.17, 15) is 9.59 Å². The summed E-state index contributed by atoms with van der Waals surface area (Å²) in [6.45, 7) is 1.19. The molecule has 0 bridgehead atoms. The van der Waals surface area contributed by atoms with Crippen LogP contribution < -0.4 is 5.56 Å². The van der Waals surface area contributed by atoms with Crippen molar-refractivity contribution in [2.24, 2.45) is 0 Å². The molecule has 2 aromatic heterocycles. The van der Waals surface area contributed by atoms with Crippen molar-refractivity contribution in [2.45, 2.75) is 12.8 Å². The molecule has 0 unspecified atom stereocenters. The Morgan fingerprint density at radius 1 is 1.27 bits per heavy atom. The van der Waals surface area contributed by atoms with Crippen molar-refractivity contribution in [3.63, 3.8) is 0 Å². The number of ether oxygens (including phenoxy) is 1. The van der Waals surface area contributed by atoms with Crippen LogP contribution >= 0.6 is 0 Å². The molecule has 0 aliphatic rings. The summed E-state index contributed by atoms with van der Waals surface area (Å²) in [6, 6.07) is 12.8. The minimum Gasteiger partial charge on any atom is -0.385 e. The number of rotatable bonds is 8. The monoisotopic (exact) mass is 405 g/mol. The van der Waals surface area contributed by atoms with Gasteiger partial charge in [-0.25, -0.2) is 9.67 Å². The highest BCUT2D eigenvalue weighted by atomic mass is 16.5. The number of hydrogen-bond donors (Lipinski definition) is 1. The second-order valence-electron chi connectivity index (χ2n) is 6.86. The number of carbonyl (C=O) groups excluding carboxylic acids is 1. The lowest BCUT2D eigenvalue weighted by molar-refractivity contribution is 0.0779. The second-order valence-corrected chi connectivity index (χ2v) is 6.86. The fourth-order valence-corrected chi connectivity index (χ4v) is 3.04. The molecule has 0 spiro atoms. The SMILES string of the molecule is COCCCN(C)C(=O)c1ccc(-n2cc(-c3ccc(CC#N)cc3)c(=O)[nH]2)nc1. The maximum absolute atomic E-state index is 12.5. The van der Waals surface area contributed by atoms with Crippen LogP contribution in [0.5, 0.6) is 0 Å². The van der Waals surface area contributed by atoms with Crippen molar-refractivity contribution in [1.82, 2.24) is 19.7 Å². The minimum atomic E-state index is -0.247. The largest absolute Gasteiger partial charge is 0.385 e. The molecule has 0 atom stereocenters. The van der Waals surface area contributed by atoms with Crippen LogP contribution in [0.25, 0.3) is 16.9 Å². The van der Waals surface area contributed by atoms with E-state index in [4.69, 9.17) is 10.00 Å². The van der Waals surface area contributed by atoms with Gasteiger partial charge in [-0.1, -0.05) is 24.3 Å². The lowest BCUT2D eigenvalue weighted by Crippen LogP contribution is -2.28. The van der Waals surface area contributed by atoms with E-state index in [0.717, 1.165) is 17.5 Å². The van der Waals surface area contributed by atoms with Gasteiger partial charge >= 0.3 is 0 Å². The minimum absolute atomic E-state index is 0.121. The molecule has 0 fully saturated rings. The van der Waals surface area contributed by atoms with Gasteiger partial charge in [0.1, 0.15) is 0 Å². The maximum atomic E-state index is 12.5. The number of amides is 1. The summed E-state index contributed by atoms with van der Waals surface area (Å²) in [5, 5.41) is 11.5. The molecule has 3 aromatic rings. The third-order valence-corrected chi connectivity index (χ3v) is 4.70. The first kappa shape index (κ1) is 21.0. The normalized spacial score (nSPS) is 10.6. The predicted octanol–water partition coefficient (Wildman–Crippen LogP) is 2.40. The van der Waals surface area contributed by atoms with Crippen LogP contribution in [-0.2, 0) is 11.2 Å². The Labute approximate surface area is 174 Å². The second kappa shape index (κ2) is 9.67. The first-order chi connectivity index (χ1) is 14.5. The molecule has 154 valence electrons. The van der Waals surface area contributed by atoms with E-state index in [-0.39, 0.29) is 11.5 Å². The summed E-state index contributed by atoms with van der Waals surface area (Å²) in [7, 11) is 3.37. The topological polar surface area (TPSA) is 104 Å². The van der Waals surface area contributed by atoms with Crippen molar-refractivity contribution in [2.75, 3.05) is 27.3 Å². The zero-order valence-corrected chi connectivity index (χ0v) is 17.0. The highest BCUT2D eigenvalue weighted by molar-refractivity contribution is 5.93. The average molecular weight is 405 g/mol. The Balaban J connectivity index is 1.76. The number of benzene rings is 1. The molecule has 0 saturated heterocycles. The van der Waals surface area contributed by atoms with E-state index in [0.29, 0.717) is 36.5 Å². The third-order valence-electron chi connectivity index (χ3n) is 4.70. The van der Waals surface area contributed by atoms with Gasteiger partial charge in [0, 0.05) is 39.7 Å². The van der Waals surface area contributed by atoms with Gasteiger partial charge in [0.15, 0.2) is 5.82 Å². The zero-order valence-electron chi connectivity index (χ0n) is 17.0. The Morgan fingerprint density at radius 2 is 2.03 bits per heavy atom. The summed E-state index contributed by atoms with van der Waals surface area (Å²) in [5.41, 5.74) is 2.37. The first-order valence-electron chi connectivity index (χ1n) is 9.52. The van der Waals surface area contributed by atoms with Crippen molar-refractivity contribution in [1.29, 1.82) is 5.26 Å². The van der Waals surface area contributed by atoms with Crippen molar-refractivity contribution >= 4 is 5.91 Å². The van der Waals surface area contributed by atoms with Gasteiger partial charge < -0.3 is 9.64 Å². The summed E-state index contributed by atoms with van der Waals surface area (Å²) in [5.74, 6) is 0.377. The Kier molecular flexibility index (Phi) is 6.78. The fourth-order valence-electron chi connectivity index (χ4n) is 3.04. The molecule has 2 heterocycles. The molecule has 0 saturated carbocycles. The van der Waals surface area contributed by atoms with Gasteiger partial charge in [-0.15, -0.1) is 0 Å².